The van der Waals surface area contributed by atoms with Crippen LogP contribution in [0.1, 0.15) is 111 Å². The van der Waals surface area contributed by atoms with Gasteiger partial charge >= 0.3 is 5.97 Å². The third-order valence-electron chi connectivity index (χ3n) is 5.57. The smallest absolute Gasteiger partial charge is 0.341 e. The summed E-state index contributed by atoms with van der Waals surface area (Å²) in [5.74, 6) is -0.314. The average Bonchev–Trinajstić information content (AvgIpc) is 3.26. The fraction of sp³-hybridized carbons (Fsp3) is 0.739. The number of esters is 1. The zero-order valence-corrected chi connectivity index (χ0v) is 18.6. The van der Waals surface area contributed by atoms with Gasteiger partial charge in [0.2, 0.25) is 5.91 Å². The van der Waals surface area contributed by atoms with Crippen molar-refractivity contribution in [2.24, 2.45) is 0 Å². The minimum atomic E-state index is -0.329. The van der Waals surface area contributed by atoms with Gasteiger partial charge in [-0.25, -0.2) is 4.79 Å². The van der Waals surface area contributed by atoms with Gasteiger partial charge in [0.15, 0.2) is 0 Å². The third kappa shape index (κ3) is 7.23. The molecule has 4 nitrogen and oxygen atoms in total. The lowest BCUT2D eigenvalue weighted by Gasteiger charge is -2.07. The molecule has 1 aliphatic carbocycles. The Morgan fingerprint density at radius 2 is 1.54 bits per heavy atom. The first-order valence-electron chi connectivity index (χ1n) is 11.2. The molecule has 0 unspecified atom stereocenters. The summed E-state index contributed by atoms with van der Waals surface area (Å²) in [7, 11) is 1.40. The summed E-state index contributed by atoms with van der Waals surface area (Å²) < 4.78 is 4.93. The second-order valence-corrected chi connectivity index (χ2v) is 8.99. The molecular formula is C23H37NO3S. The number of hydrogen-bond donors (Lipinski definition) is 1. The highest BCUT2D eigenvalue weighted by atomic mass is 32.1. The molecule has 0 aromatic carbocycles. The van der Waals surface area contributed by atoms with Crippen LogP contribution in [0.15, 0.2) is 0 Å². The van der Waals surface area contributed by atoms with E-state index >= 15 is 0 Å². The largest absolute Gasteiger partial charge is 0.465 e. The van der Waals surface area contributed by atoms with E-state index in [4.69, 9.17) is 4.74 Å². The Kier molecular flexibility index (Phi) is 10.6. The van der Waals surface area contributed by atoms with E-state index in [9.17, 15) is 9.59 Å². The molecule has 1 heterocycles. The fourth-order valence-corrected chi connectivity index (χ4v) is 5.24. The summed E-state index contributed by atoms with van der Waals surface area (Å²) in [6.45, 7) is 2.25. The van der Waals surface area contributed by atoms with Crippen LogP contribution in [0.3, 0.4) is 0 Å². The van der Waals surface area contributed by atoms with E-state index in [1.807, 2.05) is 0 Å². The monoisotopic (exact) mass is 407 g/mol. The van der Waals surface area contributed by atoms with Gasteiger partial charge in [0.1, 0.15) is 5.00 Å². The minimum Gasteiger partial charge on any atom is -0.465 e. The predicted molar refractivity (Wildman–Crippen MR) is 117 cm³/mol. The molecule has 0 aliphatic heterocycles. The SMILES string of the molecule is CCCCCCCCCCCCCC(=O)Nc1sc2c(c1C(=O)OC)CCC2. The highest BCUT2D eigenvalue weighted by Gasteiger charge is 2.27. The van der Waals surface area contributed by atoms with Crippen LogP contribution in [-0.2, 0) is 22.4 Å². The second kappa shape index (κ2) is 13.0. The number of amides is 1. The minimum absolute atomic E-state index is 0.0148. The number of fused-ring (bicyclic) bond motifs is 1. The molecule has 1 aliphatic rings. The molecule has 5 heteroatoms. The Hall–Kier alpha value is -1.36. The van der Waals surface area contributed by atoms with Crippen LogP contribution in [0.4, 0.5) is 5.00 Å². The van der Waals surface area contributed by atoms with Crippen LogP contribution in [0.25, 0.3) is 0 Å². The standard InChI is InChI=1S/C23H37NO3S/c1-3-4-5-6-7-8-9-10-11-12-13-17-20(25)24-22-21(23(26)27-2)18-15-14-16-19(18)28-22/h3-17H2,1-2H3,(H,24,25). The molecule has 28 heavy (non-hydrogen) atoms. The van der Waals surface area contributed by atoms with E-state index in [0.29, 0.717) is 17.0 Å². The van der Waals surface area contributed by atoms with Crippen LogP contribution >= 0.6 is 11.3 Å². The maximum absolute atomic E-state index is 12.3. The van der Waals surface area contributed by atoms with Gasteiger partial charge in [0, 0.05) is 11.3 Å². The molecule has 0 atom stereocenters. The molecule has 1 aromatic rings. The van der Waals surface area contributed by atoms with E-state index in [-0.39, 0.29) is 11.9 Å². The van der Waals surface area contributed by atoms with E-state index in [1.165, 1.54) is 69.8 Å². The average molecular weight is 408 g/mol. The van der Waals surface area contributed by atoms with Gasteiger partial charge in [-0.2, -0.15) is 0 Å². The van der Waals surface area contributed by atoms with Crippen molar-refractivity contribution in [3.8, 4) is 0 Å². The van der Waals surface area contributed by atoms with Gasteiger partial charge in [0.05, 0.1) is 12.7 Å². The van der Waals surface area contributed by atoms with Gasteiger partial charge < -0.3 is 10.1 Å². The fourth-order valence-electron chi connectivity index (χ4n) is 3.95. The summed E-state index contributed by atoms with van der Waals surface area (Å²) in [6.07, 6.45) is 17.5. The number of hydrogen-bond acceptors (Lipinski definition) is 4. The maximum Gasteiger partial charge on any atom is 0.341 e. The highest BCUT2D eigenvalue weighted by Crippen LogP contribution is 2.39. The van der Waals surface area contributed by atoms with Crippen LogP contribution in [0.5, 0.6) is 0 Å². The number of unbranched alkanes of at least 4 members (excludes halogenated alkanes) is 10. The first-order chi connectivity index (χ1) is 13.7. The quantitative estimate of drug-likeness (QED) is 0.277. The maximum atomic E-state index is 12.3. The summed E-state index contributed by atoms with van der Waals surface area (Å²) in [4.78, 5) is 25.7. The number of aryl methyl sites for hydroxylation is 1. The molecule has 0 spiro atoms. The third-order valence-corrected chi connectivity index (χ3v) is 6.78. The molecule has 158 valence electrons. The van der Waals surface area contributed by atoms with Gasteiger partial charge in [-0.05, 0) is 31.2 Å². The van der Waals surface area contributed by atoms with Crippen molar-refractivity contribution >= 4 is 28.2 Å². The number of nitrogens with one attached hydrogen (secondary N) is 1. The van der Waals surface area contributed by atoms with Gasteiger partial charge in [-0.1, -0.05) is 71.1 Å². The van der Waals surface area contributed by atoms with Crippen molar-refractivity contribution in [2.45, 2.75) is 103 Å². The topological polar surface area (TPSA) is 55.4 Å². The molecule has 0 radical (unpaired) electrons. The molecule has 0 saturated carbocycles. The molecule has 0 fully saturated rings. The van der Waals surface area contributed by atoms with E-state index in [2.05, 4.69) is 12.2 Å². The van der Waals surface area contributed by atoms with Crippen molar-refractivity contribution in [3.05, 3.63) is 16.0 Å². The van der Waals surface area contributed by atoms with Crippen molar-refractivity contribution in [1.29, 1.82) is 0 Å². The second-order valence-electron chi connectivity index (χ2n) is 7.89. The van der Waals surface area contributed by atoms with E-state index < -0.39 is 0 Å². The number of methoxy groups -OCH3 is 1. The summed E-state index contributed by atoms with van der Waals surface area (Å²) >= 11 is 1.55. The van der Waals surface area contributed by atoms with Crippen molar-refractivity contribution in [1.82, 2.24) is 0 Å². The van der Waals surface area contributed by atoms with E-state index in [1.54, 1.807) is 11.3 Å². The Labute approximate surface area is 174 Å². The number of anilines is 1. The number of rotatable bonds is 14. The zero-order chi connectivity index (χ0) is 20.2. The first kappa shape index (κ1) is 22.9. The van der Waals surface area contributed by atoms with Crippen LogP contribution in [0.2, 0.25) is 0 Å². The lowest BCUT2D eigenvalue weighted by atomic mass is 10.1. The van der Waals surface area contributed by atoms with Crippen molar-refractivity contribution in [2.75, 3.05) is 12.4 Å². The van der Waals surface area contributed by atoms with Crippen LogP contribution in [0, 0.1) is 0 Å². The molecule has 0 bridgehead atoms. The normalized spacial score (nSPS) is 12.8. The van der Waals surface area contributed by atoms with Crippen LogP contribution in [-0.4, -0.2) is 19.0 Å². The Balaban J connectivity index is 1.60. The van der Waals surface area contributed by atoms with Gasteiger partial charge in [0.25, 0.3) is 0 Å². The van der Waals surface area contributed by atoms with Crippen molar-refractivity contribution < 1.29 is 14.3 Å². The molecular weight excluding hydrogens is 370 g/mol. The summed E-state index contributed by atoms with van der Waals surface area (Å²) in [6, 6.07) is 0. The lowest BCUT2D eigenvalue weighted by Crippen LogP contribution is -2.14. The molecule has 1 amide bonds. The molecule has 1 aromatic heterocycles. The van der Waals surface area contributed by atoms with Gasteiger partial charge in [-0.15, -0.1) is 11.3 Å². The number of carbonyl (C=O) groups excluding carboxylic acids is 2. The van der Waals surface area contributed by atoms with E-state index in [0.717, 1.165) is 37.7 Å². The number of ether oxygens (including phenoxy) is 1. The Morgan fingerprint density at radius 3 is 2.14 bits per heavy atom. The van der Waals surface area contributed by atoms with Crippen molar-refractivity contribution in [3.63, 3.8) is 0 Å². The Morgan fingerprint density at radius 1 is 0.929 bits per heavy atom. The molecule has 1 N–H and O–H groups in total. The van der Waals surface area contributed by atoms with Crippen LogP contribution < -0.4 is 5.32 Å². The Bertz CT molecular complexity index is 624. The zero-order valence-electron chi connectivity index (χ0n) is 17.7. The summed E-state index contributed by atoms with van der Waals surface area (Å²) in [5.41, 5.74) is 1.68. The lowest BCUT2D eigenvalue weighted by molar-refractivity contribution is -0.116. The molecule has 0 saturated heterocycles. The van der Waals surface area contributed by atoms with Gasteiger partial charge in [-0.3, -0.25) is 4.79 Å². The highest BCUT2D eigenvalue weighted by molar-refractivity contribution is 7.17. The predicted octanol–water partition coefficient (Wildman–Crippen LogP) is 6.66. The number of thiophene rings is 1. The number of carbonyl (C=O) groups is 2. The molecule has 2 rings (SSSR count). The first-order valence-corrected chi connectivity index (χ1v) is 12.0. The summed E-state index contributed by atoms with van der Waals surface area (Å²) in [5, 5.41) is 3.65.